The molecule has 0 fully saturated rings. The smallest absolute Gasteiger partial charge is 0.305 e. The van der Waals surface area contributed by atoms with Crippen molar-refractivity contribution in [3.05, 3.63) is 95.1 Å². The summed E-state index contributed by atoms with van der Waals surface area (Å²) in [6.07, 6.45) is 0.355. The predicted octanol–water partition coefficient (Wildman–Crippen LogP) is 3.13. The number of nitrogens with one attached hydrogen (secondary N) is 2. The van der Waals surface area contributed by atoms with Crippen LogP contribution in [0.4, 0.5) is 11.4 Å². The van der Waals surface area contributed by atoms with Gasteiger partial charge in [-0.25, -0.2) is 0 Å². The Hall–Kier alpha value is -4.66. The molecule has 0 saturated carbocycles. The molecule has 0 spiro atoms. The van der Waals surface area contributed by atoms with Crippen LogP contribution in [0.5, 0.6) is 0 Å². The van der Waals surface area contributed by atoms with Crippen molar-refractivity contribution in [3.8, 4) is 0 Å². The highest BCUT2D eigenvalue weighted by Gasteiger charge is 2.34. The molecule has 1 amide bonds. The lowest BCUT2D eigenvalue weighted by Crippen LogP contribution is -2.46. The van der Waals surface area contributed by atoms with Gasteiger partial charge in [0.1, 0.15) is 11.9 Å². The van der Waals surface area contributed by atoms with Crippen LogP contribution in [-0.4, -0.2) is 59.7 Å². The summed E-state index contributed by atoms with van der Waals surface area (Å²) in [7, 11) is 1.74. The maximum atomic E-state index is 13.4. The number of likely N-dealkylation sites (N-methyl/N-ethyl adjacent to an activating group) is 1. The molecule has 0 aliphatic carbocycles. The fraction of sp³-hybridized carbons (Fsp3) is 0.241. The molecule has 1 unspecified atom stereocenters. The molecule has 1 heterocycles. The second kappa shape index (κ2) is 11.6. The third kappa shape index (κ3) is 6.18. The van der Waals surface area contributed by atoms with Gasteiger partial charge in [0.15, 0.2) is 5.78 Å². The van der Waals surface area contributed by atoms with Gasteiger partial charge in [-0.05, 0) is 35.7 Å². The van der Waals surface area contributed by atoms with Crippen LogP contribution in [0.25, 0.3) is 0 Å². The fourth-order valence-corrected chi connectivity index (χ4v) is 4.60. The molecule has 3 aromatic rings. The number of carboxylic acids is 1. The van der Waals surface area contributed by atoms with E-state index < -0.39 is 12.0 Å². The van der Waals surface area contributed by atoms with Crippen LogP contribution >= 0.6 is 0 Å². The number of aliphatic carboxylic acids is 1. The van der Waals surface area contributed by atoms with Crippen molar-refractivity contribution in [2.45, 2.75) is 25.4 Å². The number of hydrogen-bond acceptors (Lipinski definition) is 6. The van der Waals surface area contributed by atoms with Crippen molar-refractivity contribution in [3.63, 3.8) is 0 Å². The highest BCUT2D eigenvalue weighted by molar-refractivity contribution is 6.01. The third-order valence-corrected chi connectivity index (χ3v) is 6.74. The molecule has 9 heteroatoms. The lowest BCUT2D eigenvalue weighted by molar-refractivity contribution is -0.142. The van der Waals surface area contributed by atoms with Gasteiger partial charge in [0.25, 0.3) is 0 Å². The van der Waals surface area contributed by atoms with Gasteiger partial charge in [0.05, 0.1) is 13.0 Å². The number of fused-ring (bicyclic) bond motifs is 1. The van der Waals surface area contributed by atoms with E-state index in [-0.39, 0.29) is 30.5 Å². The van der Waals surface area contributed by atoms with Crippen molar-refractivity contribution >= 4 is 34.9 Å². The van der Waals surface area contributed by atoms with Gasteiger partial charge < -0.3 is 26.0 Å². The Balaban J connectivity index is 1.53. The highest BCUT2D eigenvalue weighted by atomic mass is 16.4. The maximum Gasteiger partial charge on any atom is 0.305 e. The van der Waals surface area contributed by atoms with E-state index in [4.69, 9.17) is 11.1 Å². The molecule has 9 nitrogen and oxygen atoms in total. The van der Waals surface area contributed by atoms with Gasteiger partial charge in [-0.2, -0.15) is 0 Å². The van der Waals surface area contributed by atoms with Gasteiger partial charge in [-0.1, -0.05) is 54.6 Å². The Labute approximate surface area is 221 Å². The Morgan fingerprint density at radius 1 is 1.05 bits per heavy atom. The van der Waals surface area contributed by atoms with Crippen LogP contribution in [0.15, 0.2) is 72.8 Å². The average molecular weight is 514 g/mol. The number of carbonyl (C=O) groups is 3. The Bertz CT molecular complexity index is 1340. The molecular formula is C29H31N5O4. The number of rotatable bonds is 10. The minimum Gasteiger partial charge on any atom is -0.481 e. The SMILES string of the molecule is CN1c2ccc(NCC(=O)c3ccc(C(=N)N)cc3)cc2CN(CCc2ccccc2)C(=O)C1CC(=O)O. The molecule has 196 valence electrons. The number of carboxylic acid groups (broad SMARTS) is 1. The zero-order chi connectivity index (χ0) is 27.2. The molecule has 0 bridgehead atoms. The summed E-state index contributed by atoms with van der Waals surface area (Å²) in [6.45, 7) is 0.850. The standard InChI is InChI=1S/C29H31N5O4/c1-33-24-12-11-23(32-17-26(35)20-7-9-21(10-8-20)28(30)31)15-22(24)18-34(29(38)25(33)16-27(36)37)14-13-19-5-3-2-4-6-19/h2-12,15,25,32H,13-14,16-18H2,1H3,(H3,30,31)(H,36,37). The first-order valence-corrected chi connectivity index (χ1v) is 12.3. The van der Waals surface area contributed by atoms with Crippen LogP contribution < -0.4 is 16.0 Å². The quantitative estimate of drug-likeness (QED) is 0.185. The van der Waals surface area contributed by atoms with Crippen LogP contribution in [0.3, 0.4) is 0 Å². The largest absolute Gasteiger partial charge is 0.481 e. The van der Waals surface area contributed by atoms with E-state index >= 15 is 0 Å². The predicted molar refractivity (Wildman–Crippen MR) is 147 cm³/mol. The van der Waals surface area contributed by atoms with E-state index in [0.29, 0.717) is 30.6 Å². The molecule has 5 N–H and O–H groups in total. The summed E-state index contributed by atoms with van der Waals surface area (Å²) in [6, 6.07) is 21.2. The minimum atomic E-state index is -1.03. The van der Waals surface area contributed by atoms with E-state index in [0.717, 1.165) is 22.5 Å². The van der Waals surface area contributed by atoms with Gasteiger partial charge in [-0.3, -0.25) is 19.8 Å². The number of ketones is 1. The van der Waals surface area contributed by atoms with Crippen molar-refractivity contribution in [2.75, 3.05) is 30.4 Å². The molecule has 0 radical (unpaired) electrons. The molecule has 1 atom stereocenters. The number of benzene rings is 3. The minimum absolute atomic E-state index is 0.0565. The molecule has 3 aromatic carbocycles. The Kier molecular flexibility index (Phi) is 8.06. The van der Waals surface area contributed by atoms with E-state index in [1.807, 2.05) is 48.5 Å². The second-order valence-corrected chi connectivity index (χ2v) is 9.33. The number of Topliss-reactive ketones (excluding diaryl/α,β-unsaturated/α-hetero) is 1. The fourth-order valence-electron chi connectivity index (χ4n) is 4.60. The monoisotopic (exact) mass is 513 g/mol. The Morgan fingerprint density at radius 2 is 1.74 bits per heavy atom. The number of amidine groups is 1. The molecule has 0 saturated heterocycles. The summed E-state index contributed by atoms with van der Waals surface area (Å²) in [4.78, 5) is 41.2. The number of nitrogens with zero attached hydrogens (tertiary/aromatic N) is 2. The number of anilines is 2. The van der Waals surface area contributed by atoms with E-state index in [9.17, 15) is 19.5 Å². The van der Waals surface area contributed by atoms with Crippen molar-refractivity contribution in [2.24, 2.45) is 5.73 Å². The molecule has 1 aliphatic rings. The Morgan fingerprint density at radius 3 is 2.39 bits per heavy atom. The first-order chi connectivity index (χ1) is 18.2. The first-order valence-electron chi connectivity index (χ1n) is 12.3. The van der Waals surface area contributed by atoms with E-state index in [1.54, 1.807) is 41.1 Å². The number of hydrogen-bond donors (Lipinski definition) is 4. The molecular weight excluding hydrogens is 482 g/mol. The summed E-state index contributed by atoms with van der Waals surface area (Å²) in [5, 5.41) is 20.1. The molecule has 0 aromatic heterocycles. The maximum absolute atomic E-state index is 13.4. The summed E-state index contributed by atoms with van der Waals surface area (Å²) >= 11 is 0. The van der Waals surface area contributed by atoms with Crippen molar-refractivity contribution in [1.29, 1.82) is 5.41 Å². The number of carbonyl (C=O) groups excluding carboxylic acids is 2. The molecule has 38 heavy (non-hydrogen) atoms. The number of amides is 1. The number of nitrogen functional groups attached to an aromatic ring is 1. The first kappa shape index (κ1) is 26.4. The lowest BCUT2D eigenvalue weighted by atomic mass is 10.1. The van der Waals surface area contributed by atoms with Crippen LogP contribution in [0.1, 0.15) is 33.5 Å². The molecule has 1 aliphatic heterocycles. The van der Waals surface area contributed by atoms with Gasteiger partial charge >= 0.3 is 5.97 Å². The number of nitrogens with two attached hydrogens (primary N) is 1. The zero-order valence-corrected chi connectivity index (χ0v) is 21.2. The third-order valence-electron chi connectivity index (χ3n) is 6.74. The summed E-state index contributed by atoms with van der Waals surface area (Å²) < 4.78 is 0. The zero-order valence-electron chi connectivity index (χ0n) is 21.2. The van der Waals surface area contributed by atoms with Crippen LogP contribution in [0.2, 0.25) is 0 Å². The normalized spacial score (nSPS) is 15.0. The van der Waals surface area contributed by atoms with Crippen LogP contribution in [-0.2, 0) is 22.6 Å². The van der Waals surface area contributed by atoms with Gasteiger partial charge in [0.2, 0.25) is 5.91 Å². The van der Waals surface area contributed by atoms with E-state index in [1.165, 1.54) is 0 Å². The van der Waals surface area contributed by atoms with Crippen molar-refractivity contribution < 1.29 is 19.5 Å². The topological polar surface area (TPSA) is 140 Å². The highest BCUT2D eigenvalue weighted by Crippen LogP contribution is 2.31. The van der Waals surface area contributed by atoms with Gasteiger partial charge in [0, 0.05) is 42.6 Å². The second-order valence-electron chi connectivity index (χ2n) is 9.33. The van der Waals surface area contributed by atoms with Crippen molar-refractivity contribution in [1.82, 2.24) is 4.90 Å². The lowest BCUT2D eigenvalue weighted by Gasteiger charge is -2.29. The van der Waals surface area contributed by atoms with Crippen LogP contribution in [0, 0.1) is 5.41 Å². The molecule has 4 rings (SSSR count). The van der Waals surface area contributed by atoms with E-state index in [2.05, 4.69) is 5.32 Å². The average Bonchev–Trinajstić information content (AvgIpc) is 3.01. The summed E-state index contributed by atoms with van der Waals surface area (Å²) in [5.74, 6) is -1.43. The van der Waals surface area contributed by atoms with Gasteiger partial charge in [-0.15, -0.1) is 0 Å². The summed E-state index contributed by atoms with van der Waals surface area (Å²) in [5.41, 5.74) is 10.0.